The summed E-state index contributed by atoms with van der Waals surface area (Å²) in [6, 6.07) is 3.88. The van der Waals surface area contributed by atoms with E-state index in [1.807, 2.05) is 26.1 Å². The molecule has 1 heterocycles. The first-order valence-corrected chi connectivity index (χ1v) is 4.77. The third-order valence-corrected chi connectivity index (χ3v) is 2.19. The Bertz CT molecular complexity index is 279. The molecule has 0 saturated heterocycles. The summed E-state index contributed by atoms with van der Waals surface area (Å²) in [4.78, 5) is 0. The van der Waals surface area contributed by atoms with Gasteiger partial charge >= 0.3 is 0 Å². The minimum Gasteiger partial charge on any atom is -0.367 e. The van der Waals surface area contributed by atoms with Crippen LogP contribution in [0.2, 0.25) is 0 Å². The number of rotatable bonds is 4. The van der Waals surface area contributed by atoms with Crippen LogP contribution in [0.4, 0.5) is 5.82 Å². The molecule has 0 aromatic carbocycles. The lowest BCUT2D eigenvalue weighted by atomic mass is 10.1. The molecule has 0 unspecified atom stereocenters. The molecule has 4 nitrogen and oxygen atoms in total. The average Bonchev–Trinajstić information content (AvgIpc) is 2.17. The Morgan fingerprint density at radius 1 is 1.29 bits per heavy atom. The molecule has 0 aliphatic rings. The zero-order valence-electron chi connectivity index (χ0n) is 9.26. The number of nitrogens with zero attached hydrogens (tertiary/aromatic N) is 2. The van der Waals surface area contributed by atoms with Gasteiger partial charge in [-0.15, -0.1) is 5.10 Å². The van der Waals surface area contributed by atoms with E-state index < -0.39 is 0 Å². The van der Waals surface area contributed by atoms with Crippen LogP contribution >= 0.6 is 0 Å². The van der Waals surface area contributed by atoms with Gasteiger partial charge in [-0.1, -0.05) is 0 Å². The summed E-state index contributed by atoms with van der Waals surface area (Å²) in [7, 11) is 1.95. The molecule has 0 bridgehead atoms. The molecule has 2 N–H and O–H groups in total. The summed E-state index contributed by atoms with van der Waals surface area (Å²) in [6.07, 6.45) is 0. The molecule has 1 aromatic heterocycles. The van der Waals surface area contributed by atoms with Gasteiger partial charge in [0.15, 0.2) is 0 Å². The Kier molecular flexibility index (Phi) is 3.41. The van der Waals surface area contributed by atoms with Crippen LogP contribution in [0.3, 0.4) is 0 Å². The van der Waals surface area contributed by atoms with Crippen molar-refractivity contribution in [2.24, 2.45) is 0 Å². The Morgan fingerprint density at radius 3 is 2.50 bits per heavy atom. The zero-order chi connectivity index (χ0) is 10.6. The van der Waals surface area contributed by atoms with Gasteiger partial charge in [0.2, 0.25) is 0 Å². The molecule has 4 heteroatoms. The number of hydrogen-bond donors (Lipinski definition) is 2. The van der Waals surface area contributed by atoms with Crippen molar-refractivity contribution in [3.05, 3.63) is 17.8 Å². The van der Waals surface area contributed by atoms with Crippen LogP contribution < -0.4 is 10.6 Å². The van der Waals surface area contributed by atoms with Crippen LogP contribution in [0.15, 0.2) is 12.1 Å². The first-order chi connectivity index (χ1) is 6.53. The monoisotopic (exact) mass is 194 g/mol. The third-order valence-electron chi connectivity index (χ3n) is 2.19. The molecule has 14 heavy (non-hydrogen) atoms. The van der Waals surface area contributed by atoms with E-state index in [9.17, 15) is 0 Å². The molecular weight excluding hydrogens is 176 g/mol. The normalized spacial score (nSPS) is 11.4. The number of nitrogens with one attached hydrogen (secondary N) is 2. The van der Waals surface area contributed by atoms with Gasteiger partial charge in [0, 0.05) is 12.1 Å². The maximum Gasteiger partial charge on any atom is 0.148 e. The highest BCUT2D eigenvalue weighted by atomic mass is 15.2. The average molecular weight is 194 g/mol. The van der Waals surface area contributed by atoms with Crippen molar-refractivity contribution >= 4 is 5.82 Å². The van der Waals surface area contributed by atoms with Gasteiger partial charge in [-0.05, 0) is 40.0 Å². The maximum atomic E-state index is 4.03. The van der Waals surface area contributed by atoms with E-state index >= 15 is 0 Å². The van der Waals surface area contributed by atoms with Crippen LogP contribution in [0.1, 0.15) is 19.5 Å². The maximum absolute atomic E-state index is 4.03. The fraction of sp³-hybridized carbons (Fsp3) is 0.600. The van der Waals surface area contributed by atoms with Crippen LogP contribution in [0.25, 0.3) is 0 Å². The van der Waals surface area contributed by atoms with Gasteiger partial charge < -0.3 is 10.6 Å². The summed E-state index contributed by atoms with van der Waals surface area (Å²) in [6.45, 7) is 7.00. The number of likely N-dealkylation sites (N-methyl/N-ethyl adjacent to an activating group) is 1. The number of hydrogen-bond acceptors (Lipinski definition) is 4. The summed E-state index contributed by atoms with van der Waals surface area (Å²) in [5.41, 5.74) is 0.996. The third kappa shape index (κ3) is 3.30. The lowest BCUT2D eigenvalue weighted by Gasteiger charge is -2.24. The van der Waals surface area contributed by atoms with E-state index in [1.54, 1.807) is 0 Å². The van der Waals surface area contributed by atoms with E-state index in [2.05, 4.69) is 34.7 Å². The zero-order valence-corrected chi connectivity index (χ0v) is 9.26. The summed E-state index contributed by atoms with van der Waals surface area (Å²) in [5, 5.41) is 14.4. The van der Waals surface area contributed by atoms with Gasteiger partial charge in [-0.3, -0.25) is 0 Å². The molecule has 0 atom stereocenters. The van der Waals surface area contributed by atoms with Crippen LogP contribution in [0, 0.1) is 6.92 Å². The predicted octanol–water partition coefficient (Wildman–Crippen LogP) is 1.19. The van der Waals surface area contributed by atoms with Gasteiger partial charge in [-0.2, -0.15) is 5.10 Å². The fourth-order valence-corrected chi connectivity index (χ4v) is 0.893. The topological polar surface area (TPSA) is 49.8 Å². The Morgan fingerprint density at radius 2 is 2.00 bits per heavy atom. The SMILES string of the molecule is CNC(C)(C)CNc1ccc(C)nn1. The molecule has 0 aliphatic heterocycles. The van der Waals surface area contributed by atoms with Crippen molar-refractivity contribution in [1.29, 1.82) is 0 Å². The van der Waals surface area contributed by atoms with Crippen LogP contribution in [-0.2, 0) is 0 Å². The van der Waals surface area contributed by atoms with Gasteiger partial charge in [0.25, 0.3) is 0 Å². The van der Waals surface area contributed by atoms with Crippen molar-refractivity contribution in [1.82, 2.24) is 15.5 Å². The fourth-order valence-electron chi connectivity index (χ4n) is 0.893. The quantitative estimate of drug-likeness (QED) is 0.756. The van der Waals surface area contributed by atoms with Gasteiger partial charge in [-0.25, -0.2) is 0 Å². The number of aryl methyl sites for hydroxylation is 1. The van der Waals surface area contributed by atoms with E-state index in [1.165, 1.54) is 0 Å². The van der Waals surface area contributed by atoms with E-state index in [-0.39, 0.29) is 5.54 Å². The lowest BCUT2D eigenvalue weighted by molar-refractivity contribution is 0.447. The number of anilines is 1. The highest BCUT2D eigenvalue weighted by molar-refractivity contribution is 5.33. The second-order valence-electron chi connectivity index (χ2n) is 4.05. The first-order valence-electron chi connectivity index (χ1n) is 4.77. The molecule has 0 aliphatic carbocycles. The molecule has 0 fully saturated rings. The van der Waals surface area contributed by atoms with Crippen molar-refractivity contribution < 1.29 is 0 Å². The van der Waals surface area contributed by atoms with Gasteiger partial charge in [0.05, 0.1) is 5.69 Å². The largest absolute Gasteiger partial charge is 0.367 e. The highest BCUT2D eigenvalue weighted by Gasteiger charge is 2.13. The Balaban J connectivity index is 2.50. The Labute approximate surface area is 85.1 Å². The second kappa shape index (κ2) is 4.37. The van der Waals surface area contributed by atoms with Crippen molar-refractivity contribution in [2.45, 2.75) is 26.3 Å². The van der Waals surface area contributed by atoms with Crippen molar-refractivity contribution in [3.8, 4) is 0 Å². The number of aromatic nitrogens is 2. The highest BCUT2D eigenvalue weighted by Crippen LogP contribution is 2.05. The van der Waals surface area contributed by atoms with Crippen molar-refractivity contribution in [2.75, 3.05) is 18.9 Å². The predicted molar refractivity (Wildman–Crippen MR) is 58.4 cm³/mol. The van der Waals surface area contributed by atoms with Gasteiger partial charge in [0.1, 0.15) is 5.82 Å². The molecule has 78 valence electrons. The first kappa shape index (κ1) is 10.9. The minimum absolute atomic E-state index is 0.0621. The smallest absolute Gasteiger partial charge is 0.148 e. The summed E-state index contributed by atoms with van der Waals surface area (Å²) >= 11 is 0. The Hall–Kier alpha value is -1.16. The molecule has 0 amide bonds. The van der Waals surface area contributed by atoms with E-state index in [4.69, 9.17) is 0 Å². The minimum atomic E-state index is 0.0621. The molecule has 0 radical (unpaired) electrons. The molecule has 1 aromatic rings. The molecule has 1 rings (SSSR count). The molecular formula is C10H18N4. The van der Waals surface area contributed by atoms with Crippen LogP contribution in [0.5, 0.6) is 0 Å². The van der Waals surface area contributed by atoms with E-state index in [0.717, 1.165) is 18.1 Å². The summed E-state index contributed by atoms with van der Waals surface area (Å²) in [5.74, 6) is 0.818. The molecule has 0 saturated carbocycles. The van der Waals surface area contributed by atoms with E-state index in [0.29, 0.717) is 0 Å². The summed E-state index contributed by atoms with van der Waals surface area (Å²) < 4.78 is 0. The second-order valence-corrected chi connectivity index (χ2v) is 4.05. The molecule has 0 spiro atoms. The standard InChI is InChI=1S/C10H18N4/c1-8-5-6-9(14-13-8)12-7-10(2,3)11-4/h5-6,11H,7H2,1-4H3,(H,12,14). The van der Waals surface area contributed by atoms with Crippen molar-refractivity contribution in [3.63, 3.8) is 0 Å². The lowest BCUT2D eigenvalue weighted by Crippen LogP contribution is -2.42. The van der Waals surface area contributed by atoms with Crippen LogP contribution in [-0.4, -0.2) is 29.3 Å².